The highest BCUT2D eigenvalue weighted by molar-refractivity contribution is 6.40. The summed E-state index contributed by atoms with van der Waals surface area (Å²) in [7, 11) is -1.38. The summed E-state index contributed by atoms with van der Waals surface area (Å²) in [4.78, 5) is 26.0. The van der Waals surface area contributed by atoms with Gasteiger partial charge in [-0.05, 0) is 26.1 Å². The van der Waals surface area contributed by atoms with Crippen molar-refractivity contribution in [2.75, 3.05) is 13.1 Å². The molecule has 2 fully saturated rings. The summed E-state index contributed by atoms with van der Waals surface area (Å²) in [6.45, 7) is 2.26. The Kier molecular flexibility index (Phi) is 6.44. The maximum Gasteiger partial charge on any atom is 0.451 e. The molecule has 0 saturated carbocycles. The van der Waals surface area contributed by atoms with Gasteiger partial charge in [0.05, 0.1) is 6.10 Å². The van der Waals surface area contributed by atoms with Gasteiger partial charge < -0.3 is 30.9 Å². The van der Waals surface area contributed by atoms with E-state index in [0.29, 0.717) is 38.8 Å². The molecule has 0 aromatic carbocycles. The average molecular weight is 357 g/mol. The quantitative estimate of drug-likeness (QED) is 0.215. The molecule has 2 aliphatic heterocycles. The second-order valence-corrected chi connectivity index (χ2v) is 7.14. The van der Waals surface area contributed by atoms with Crippen LogP contribution in [-0.2, 0) is 9.59 Å². The monoisotopic (exact) mass is 357 g/mol. The summed E-state index contributed by atoms with van der Waals surface area (Å²) in [5, 5.41) is 40.3. The normalized spacial score (nSPS) is 30.8. The molecule has 7 N–H and O–H groups in total. The number of carbonyl (C=O) groups is 2. The van der Waals surface area contributed by atoms with Crippen LogP contribution in [0, 0.1) is 5.92 Å². The number of hydrogen-bond donors (Lipinski definition) is 6. The number of fused-ring (bicyclic) bond motifs is 1. The first-order chi connectivity index (χ1) is 11.7. The molecule has 2 unspecified atom stereocenters. The van der Waals surface area contributed by atoms with Gasteiger partial charge in [0.2, 0.25) is 5.91 Å². The molecular formula is C15H28BN3O6. The molecule has 0 aromatic rings. The van der Waals surface area contributed by atoms with Crippen molar-refractivity contribution in [1.29, 1.82) is 0 Å². The largest absolute Gasteiger partial charge is 0.480 e. The summed E-state index contributed by atoms with van der Waals surface area (Å²) >= 11 is 0. The van der Waals surface area contributed by atoms with Crippen molar-refractivity contribution < 1.29 is 29.9 Å². The van der Waals surface area contributed by atoms with E-state index in [1.54, 1.807) is 4.90 Å². The highest BCUT2D eigenvalue weighted by Crippen LogP contribution is 2.41. The fraction of sp³-hybridized carbons (Fsp3) is 0.867. The van der Waals surface area contributed by atoms with E-state index < -0.39 is 30.8 Å². The number of carboxylic acid groups (broad SMARTS) is 1. The number of aliphatic carboxylic acids is 1. The second kappa shape index (κ2) is 8.00. The van der Waals surface area contributed by atoms with Crippen molar-refractivity contribution in [3.8, 4) is 0 Å². The van der Waals surface area contributed by atoms with E-state index in [1.807, 2.05) is 0 Å². The Labute approximate surface area is 147 Å². The van der Waals surface area contributed by atoms with Crippen molar-refractivity contribution in [2.24, 2.45) is 11.7 Å². The average Bonchev–Trinajstić information content (AvgIpc) is 3.11. The third kappa shape index (κ3) is 3.98. The molecular weight excluding hydrogens is 329 g/mol. The first kappa shape index (κ1) is 20.1. The first-order valence-electron chi connectivity index (χ1n) is 8.79. The number of hydrogen-bond acceptors (Lipinski definition) is 7. The summed E-state index contributed by atoms with van der Waals surface area (Å²) in [5.41, 5.74) is 4.64. The van der Waals surface area contributed by atoms with Crippen LogP contribution in [0.2, 0.25) is 6.32 Å². The molecule has 1 amide bonds. The van der Waals surface area contributed by atoms with Crippen LogP contribution in [-0.4, -0.2) is 81.0 Å². The molecule has 0 bridgehead atoms. The van der Waals surface area contributed by atoms with Gasteiger partial charge in [0.1, 0.15) is 11.6 Å². The van der Waals surface area contributed by atoms with Crippen LogP contribution in [0.3, 0.4) is 0 Å². The lowest BCUT2D eigenvalue weighted by molar-refractivity contribution is -0.147. The number of aliphatic hydroxyl groups is 1. The van der Waals surface area contributed by atoms with Gasteiger partial charge in [-0.3, -0.25) is 14.9 Å². The van der Waals surface area contributed by atoms with Gasteiger partial charge in [0.25, 0.3) is 0 Å². The van der Waals surface area contributed by atoms with E-state index in [9.17, 15) is 19.8 Å². The molecule has 9 nitrogen and oxygen atoms in total. The summed E-state index contributed by atoms with van der Waals surface area (Å²) in [6.07, 6.45) is 1.22. The van der Waals surface area contributed by atoms with Crippen LogP contribution < -0.4 is 11.1 Å². The Hall–Kier alpha value is -1.20. The zero-order valence-corrected chi connectivity index (χ0v) is 14.5. The van der Waals surface area contributed by atoms with Gasteiger partial charge in [0, 0.05) is 25.0 Å². The number of likely N-dealkylation sites (tertiary alicyclic amines) is 1. The number of nitrogens with zero attached hydrogens (tertiary/aromatic N) is 1. The summed E-state index contributed by atoms with van der Waals surface area (Å²) < 4.78 is 0. The molecule has 2 aliphatic rings. The molecule has 2 rings (SSSR count). The number of carbonyl (C=O) groups excluding carboxylic acids is 1. The van der Waals surface area contributed by atoms with Gasteiger partial charge in [-0.1, -0.05) is 12.8 Å². The Morgan fingerprint density at radius 2 is 2.08 bits per heavy atom. The van der Waals surface area contributed by atoms with Gasteiger partial charge in [-0.15, -0.1) is 0 Å². The minimum absolute atomic E-state index is 0.206. The summed E-state index contributed by atoms with van der Waals surface area (Å²) in [5.74, 6) is -1.53. The number of carboxylic acids is 1. The lowest BCUT2D eigenvalue weighted by atomic mass is 9.77. The SMILES string of the molecule is CC(O)C(N)C(=O)N1CC[C@H]2[C@@H]1CN[C@@]2(CCCCB(O)O)C(=O)O. The van der Waals surface area contributed by atoms with Crippen LogP contribution in [0.1, 0.15) is 32.6 Å². The number of rotatable bonds is 8. The summed E-state index contributed by atoms with van der Waals surface area (Å²) in [6, 6.07) is -1.26. The van der Waals surface area contributed by atoms with Crippen LogP contribution in [0.4, 0.5) is 0 Å². The highest BCUT2D eigenvalue weighted by atomic mass is 16.4. The fourth-order valence-electron chi connectivity index (χ4n) is 4.12. The maximum atomic E-state index is 12.5. The van der Waals surface area contributed by atoms with E-state index >= 15 is 0 Å². The van der Waals surface area contributed by atoms with Crippen molar-refractivity contribution >= 4 is 19.0 Å². The topological polar surface area (TPSA) is 156 Å². The van der Waals surface area contributed by atoms with E-state index in [2.05, 4.69) is 5.32 Å². The lowest BCUT2D eigenvalue weighted by Crippen LogP contribution is -2.52. The zero-order valence-electron chi connectivity index (χ0n) is 14.5. The molecule has 0 spiro atoms. The Bertz CT molecular complexity index is 506. The third-order valence-corrected chi connectivity index (χ3v) is 5.56. The van der Waals surface area contributed by atoms with E-state index in [1.165, 1.54) is 6.92 Å². The minimum Gasteiger partial charge on any atom is -0.480 e. The molecule has 2 saturated heterocycles. The molecule has 25 heavy (non-hydrogen) atoms. The maximum absolute atomic E-state index is 12.5. The van der Waals surface area contributed by atoms with Gasteiger partial charge >= 0.3 is 13.1 Å². The molecule has 5 atom stereocenters. The third-order valence-electron chi connectivity index (χ3n) is 5.56. The van der Waals surface area contributed by atoms with Crippen molar-refractivity contribution in [3.05, 3.63) is 0 Å². The molecule has 0 radical (unpaired) electrons. The van der Waals surface area contributed by atoms with Crippen molar-refractivity contribution in [1.82, 2.24) is 10.2 Å². The molecule has 10 heteroatoms. The minimum atomic E-state index is -1.38. The van der Waals surface area contributed by atoms with Crippen LogP contribution in [0.15, 0.2) is 0 Å². The Morgan fingerprint density at radius 3 is 2.64 bits per heavy atom. The van der Waals surface area contributed by atoms with Crippen LogP contribution in [0.5, 0.6) is 0 Å². The van der Waals surface area contributed by atoms with Crippen LogP contribution >= 0.6 is 0 Å². The zero-order chi connectivity index (χ0) is 18.8. The smallest absolute Gasteiger partial charge is 0.451 e. The van der Waals surface area contributed by atoms with Crippen molar-refractivity contribution in [2.45, 2.75) is 62.7 Å². The van der Waals surface area contributed by atoms with Gasteiger partial charge in [0.15, 0.2) is 0 Å². The van der Waals surface area contributed by atoms with E-state index in [0.717, 1.165) is 0 Å². The fourth-order valence-corrected chi connectivity index (χ4v) is 4.12. The Balaban J connectivity index is 2.06. The number of aliphatic hydroxyl groups excluding tert-OH is 1. The van der Waals surface area contributed by atoms with Crippen LogP contribution in [0.25, 0.3) is 0 Å². The molecule has 0 aromatic heterocycles. The number of amides is 1. The molecule has 0 aliphatic carbocycles. The second-order valence-electron chi connectivity index (χ2n) is 7.14. The van der Waals surface area contributed by atoms with Gasteiger partial charge in [-0.2, -0.15) is 0 Å². The van der Waals surface area contributed by atoms with E-state index in [-0.39, 0.29) is 24.2 Å². The van der Waals surface area contributed by atoms with E-state index in [4.69, 9.17) is 15.8 Å². The standard InChI is InChI=1S/C15H28BN3O6/c1-9(20)12(17)13(21)19-7-4-10-11(19)8-18-15(10,14(22)23)5-2-3-6-16(24)25/h9-12,18,20,24-25H,2-8,17H2,1H3,(H,22,23)/t9?,10-,11-,12?,15+/m0/s1. The predicted molar refractivity (Wildman–Crippen MR) is 90.5 cm³/mol. The number of unbranched alkanes of at least 4 members (excludes halogenated alkanes) is 1. The number of nitrogens with two attached hydrogens (primary N) is 1. The lowest BCUT2D eigenvalue weighted by Gasteiger charge is -2.31. The first-order valence-corrected chi connectivity index (χ1v) is 8.79. The molecule has 2 heterocycles. The number of nitrogens with one attached hydrogen (secondary N) is 1. The highest BCUT2D eigenvalue weighted by Gasteiger charge is 2.58. The molecule has 142 valence electrons. The van der Waals surface area contributed by atoms with Gasteiger partial charge in [-0.25, -0.2) is 0 Å². The Morgan fingerprint density at radius 1 is 1.40 bits per heavy atom. The van der Waals surface area contributed by atoms with Crippen molar-refractivity contribution in [3.63, 3.8) is 0 Å². The predicted octanol–water partition coefficient (Wildman–Crippen LogP) is -2.02.